The summed E-state index contributed by atoms with van der Waals surface area (Å²) in [7, 11) is 0. The largest absolute Gasteiger partial charge is 0.379 e. The number of hydrogen-bond acceptors (Lipinski definition) is 3. The van der Waals surface area contributed by atoms with Crippen LogP contribution in [0.5, 0.6) is 0 Å². The number of nitrogens with zero attached hydrogens (tertiary/aromatic N) is 2. The molecule has 1 fully saturated rings. The van der Waals surface area contributed by atoms with Gasteiger partial charge in [-0.1, -0.05) is 0 Å². The molecule has 25 heavy (non-hydrogen) atoms. The van der Waals surface area contributed by atoms with Crippen LogP contribution in [0.15, 0.2) is 35.3 Å². The number of fused-ring (bicyclic) bond motifs is 3. The van der Waals surface area contributed by atoms with Gasteiger partial charge in [0.1, 0.15) is 0 Å². The van der Waals surface area contributed by atoms with Crippen molar-refractivity contribution in [2.75, 3.05) is 32.8 Å². The van der Waals surface area contributed by atoms with Gasteiger partial charge in [-0.25, -0.2) is 0 Å². The van der Waals surface area contributed by atoms with Crippen molar-refractivity contribution in [2.24, 2.45) is 0 Å². The van der Waals surface area contributed by atoms with Crippen molar-refractivity contribution < 1.29 is 4.74 Å². The van der Waals surface area contributed by atoms with Crippen molar-refractivity contribution in [1.82, 2.24) is 14.5 Å². The number of aryl methyl sites for hydroxylation is 2. The second-order valence-electron chi connectivity index (χ2n) is 6.86. The topological polar surface area (TPSA) is 50.3 Å². The molecular formula is C20H25N3O2. The van der Waals surface area contributed by atoms with E-state index in [1.54, 1.807) is 12.1 Å². The molecule has 3 aromatic rings. The van der Waals surface area contributed by atoms with Crippen LogP contribution in [-0.4, -0.2) is 47.3 Å². The lowest BCUT2D eigenvalue weighted by molar-refractivity contribution is 0.0371. The van der Waals surface area contributed by atoms with Crippen molar-refractivity contribution in [3.8, 4) is 0 Å². The number of H-pyrrole nitrogens is 1. The lowest BCUT2D eigenvalue weighted by Crippen LogP contribution is -2.36. The first-order valence-electron chi connectivity index (χ1n) is 9.14. The second-order valence-corrected chi connectivity index (χ2v) is 6.86. The van der Waals surface area contributed by atoms with E-state index >= 15 is 0 Å². The number of hydrogen-bond donors (Lipinski definition) is 1. The van der Waals surface area contributed by atoms with Crippen LogP contribution in [-0.2, 0) is 11.3 Å². The monoisotopic (exact) mass is 339 g/mol. The minimum atomic E-state index is 0.0755. The third-order valence-electron chi connectivity index (χ3n) is 5.19. The Kier molecular flexibility index (Phi) is 4.59. The van der Waals surface area contributed by atoms with E-state index < -0.39 is 0 Å². The van der Waals surface area contributed by atoms with E-state index in [1.807, 2.05) is 12.3 Å². The molecule has 1 saturated heterocycles. The number of morpholine rings is 1. The SMILES string of the molecule is Cc1[nH]ccc2c3ccc(=O)cc3n(CCCCN3CCOCC3)c12. The zero-order chi connectivity index (χ0) is 17.2. The summed E-state index contributed by atoms with van der Waals surface area (Å²) >= 11 is 0. The van der Waals surface area contributed by atoms with Crippen molar-refractivity contribution in [1.29, 1.82) is 0 Å². The van der Waals surface area contributed by atoms with Gasteiger partial charge in [-0.2, -0.15) is 0 Å². The number of pyridine rings is 1. The van der Waals surface area contributed by atoms with Crippen LogP contribution >= 0.6 is 0 Å². The third kappa shape index (κ3) is 3.22. The van der Waals surface area contributed by atoms with Crippen LogP contribution < -0.4 is 5.43 Å². The van der Waals surface area contributed by atoms with Gasteiger partial charge in [0, 0.05) is 48.4 Å². The van der Waals surface area contributed by atoms with Crippen LogP contribution in [0.1, 0.15) is 18.5 Å². The molecule has 0 saturated carbocycles. The van der Waals surface area contributed by atoms with Crippen LogP contribution in [0, 0.1) is 6.92 Å². The maximum absolute atomic E-state index is 11.9. The highest BCUT2D eigenvalue weighted by Crippen LogP contribution is 2.29. The van der Waals surface area contributed by atoms with Crippen LogP contribution in [0.3, 0.4) is 0 Å². The van der Waals surface area contributed by atoms with Gasteiger partial charge < -0.3 is 14.3 Å². The van der Waals surface area contributed by atoms with Crippen LogP contribution in [0.2, 0.25) is 0 Å². The van der Waals surface area contributed by atoms with E-state index in [-0.39, 0.29) is 5.43 Å². The predicted molar refractivity (Wildman–Crippen MR) is 101 cm³/mol. The van der Waals surface area contributed by atoms with Crippen molar-refractivity contribution in [2.45, 2.75) is 26.3 Å². The maximum Gasteiger partial charge on any atom is 0.180 e. The molecule has 5 heteroatoms. The Morgan fingerprint density at radius 3 is 2.72 bits per heavy atom. The Morgan fingerprint density at radius 2 is 1.88 bits per heavy atom. The number of unbranched alkanes of at least 4 members (excludes halogenated alkanes) is 1. The van der Waals surface area contributed by atoms with Gasteiger partial charge >= 0.3 is 0 Å². The number of aromatic nitrogens is 2. The van der Waals surface area contributed by atoms with Gasteiger partial charge in [0.2, 0.25) is 0 Å². The predicted octanol–water partition coefficient (Wildman–Crippen LogP) is 2.90. The number of nitrogens with one attached hydrogen (secondary N) is 1. The molecule has 3 heterocycles. The Balaban J connectivity index is 1.58. The first-order valence-corrected chi connectivity index (χ1v) is 9.14. The second kappa shape index (κ2) is 7.02. The van der Waals surface area contributed by atoms with Gasteiger partial charge in [-0.05, 0) is 44.5 Å². The third-order valence-corrected chi connectivity index (χ3v) is 5.19. The van der Waals surface area contributed by atoms with Crippen LogP contribution in [0.25, 0.3) is 21.8 Å². The molecule has 0 radical (unpaired) electrons. The molecule has 0 bridgehead atoms. The van der Waals surface area contributed by atoms with Gasteiger partial charge in [-0.15, -0.1) is 0 Å². The average molecular weight is 339 g/mol. The number of aromatic amines is 1. The summed E-state index contributed by atoms with van der Waals surface area (Å²) in [6.45, 7) is 7.96. The fourth-order valence-electron chi connectivity index (χ4n) is 3.91. The molecule has 0 atom stereocenters. The summed E-state index contributed by atoms with van der Waals surface area (Å²) in [4.78, 5) is 17.7. The fourth-order valence-corrected chi connectivity index (χ4v) is 3.91. The first-order chi connectivity index (χ1) is 12.2. The summed E-state index contributed by atoms with van der Waals surface area (Å²) in [5.41, 5.74) is 3.49. The minimum Gasteiger partial charge on any atom is -0.379 e. The lowest BCUT2D eigenvalue weighted by atomic mass is 10.2. The standard InChI is InChI=1S/C20H25N3O2/c1-15-20-18(6-7-21-15)17-5-4-16(24)14-19(17)23(20)9-3-2-8-22-10-12-25-13-11-22/h4-7,14,21H,2-3,8-13H2,1H3. The molecule has 1 aliphatic rings. The normalized spacial score (nSPS) is 16.0. The lowest BCUT2D eigenvalue weighted by Gasteiger charge is -2.26. The van der Waals surface area contributed by atoms with E-state index in [0.717, 1.165) is 63.4 Å². The summed E-state index contributed by atoms with van der Waals surface area (Å²) in [5, 5.41) is 2.39. The Morgan fingerprint density at radius 1 is 1.08 bits per heavy atom. The highest BCUT2D eigenvalue weighted by atomic mass is 16.5. The molecule has 1 N–H and O–H groups in total. The Hall–Kier alpha value is -2.11. The van der Waals surface area contributed by atoms with E-state index in [9.17, 15) is 4.79 Å². The maximum atomic E-state index is 11.9. The molecular weight excluding hydrogens is 314 g/mol. The molecule has 5 nitrogen and oxygen atoms in total. The molecule has 0 spiro atoms. The highest BCUT2D eigenvalue weighted by molar-refractivity contribution is 6.08. The highest BCUT2D eigenvalue weighted by Gasteiger charge is 2.13. The fraction of sp³-hybridized carbons (Fsp3) is 0.450. The number of ether oxygens (including phenoxy) is 1. The zero-order valence-corrected chi connectivity index (χ0v) is 14.8. The summed E-state index contributed by atoms with van der Waals surface area (Å²) in [6.07, 6.45) is 4.24. The number of rotatable bonds is 5. The van der Waals surface area contributed by atoms with Gasteiger partial charge in [-0.3, -0.25) is 9.69 Å². The smallest absolute Gasteiger partial charge is 0.180 e. The summed E-state index contributed by atoms with van der Waals surface area (Å²) < 4.78 is 7.72. The first kappa shape index (κ1) is 16.4. The van der Waals surface area contributed by atoms with Gasteiger partial charge in [0.15, 0.2) is 5.43 Å². The molecule has 2 aromatic heterocycles. The van der Waals surface area contributed by atoms with Gasteiger partial charge in [0.25, 0.3) is 0 Å². The quantitative estimate of drug-likeness (QED) is 0.727. The van der Waals surface area contributed by atoms with E-state index in [2.05, 4.69) is 27.4 Å². The van der Waals surface area contributed by atoms with E-state index in [0.29, 0.717) is 0 Å². The van der Waals surface area contributed by atoms with Crippen molar-refractivity contribution in [3.05, 3.63) is 46.4 Å². The molecule has 0 aliphatic carbocycles. The van der Waals surface area contributed by atoms with Gasteiger partial charge in [0.05, 0.1) is 24.2 Å². The van der Waals surface area contributed by atoms with Crippen LogP contribution in [0.4, 0.5) is 0 Å². The molecule has 0 unspecified atom stereocenters. The average Bonchev–Trinajstić information content (AvgIpc) is 2.94. The van der Waals surface area contributed by atoms with Crippen molar-refractivity contribution >= 4 is 21.8 Å². The van der Waals surface area contributed by atoms with E-state index in [1.165, 1.54) is 16.3 Å². The summed E-state index contributed by atoms with van der Waals surface area (Å²) in [6, 6.07) is 7.51. The number of benzene rings is 1. The molecule has 1 aromatic carbocycles. The minimum absolute atomic E-state index is 0.0755. The van der Waals surface area contributed by atoms with Crippen molar-refractivity contribution in [3.63, 3.8) is 0 Å². The Bertz CT molecular complexity index is 935. The summed E-state index contributed by atoms with van der Waals surface area (Å²) in [5.74, 6) is 0. The molecule has 1 aliphatic heterocycles. The molecule has 132 valence electrons. The molecule has 4 rings (SSSR count). The van der Waals surface area contributed by atoms with E-state index in [4.69, 9.17) is 4.74 Å². The molecule has 0 amide bonds. The Labute approximate surface area is 147 Å². The zero-order valence-electron chi connectivity index (χ0n) is 14.8.